The second kappa shape index (κ2) is 29.7. The number of aryl methyl sites for hydroxylation is 2. The summed E-state index contributed by atoms with van der Waals surface area (Å²) < 4.78 is 4.92. The van der Waals surface area contributed by atoms with Crippen LogP contribution in [0.1, 0.15) is 212 Å². The standard InChI is InChI=1S/C38H75N2/c1-4-6-8-10-12-14-16-18-19-20-21-22-24-26-28-30-32-34-38-39(3)36-37-40(38)35-33-31-29-27-25-23-17-15-13-11-9-7-5-2/h36-37H,4-35H2,1-3H3/q+1. The molecule has 40 heavy (non-hydrogen) atoms. The lowest BCUT2D eigenvalue weighted by molar-refractivity contribution is -0.704. The summed E-state index contributed by atoms with van der Waals surface area (Å²) in [6.45, 7) is 5.83. The highest BCUT2D eigenvalue weighted by Gasteiger charge is 2.13. The zero-order chi connectivity index (χ0) is 28.8. The Morgan fingerprint density at radius 3 is 1.07 bits per heavy atom. The van der Waals surface area contributed by atoms with Crippen molar-refractivity contribution in [2.24, 2.45) is 7.05 Å². The summed E-state index contributed by atoms with van der Waals surface area (Å²) in [7, 11) is 2.24. The molecule has 0 amide bonds. The first-order valence-corrected chi connectivity index (χ1v) is 18.8. The molecule has 0 fully saturated rings. The average molecular weight is 560 g/mol. The number of imidazole rings is 1. The van der Waals surface area contributed by atoms with Gasteiger partial charge >= 0.3 is 0 Å². The second-order valence-corrected chi connectivity index (χ2v) is 13.2. The first-order valence-electron chi connectivity index (χ1n) is 18.8. The maximum Gasteiger partial charge on any atom is 0.256 e. The van der Waals surface area contributed by atoms with Crippen molar-refractivity contribution in [2.75, 3.05) is 0 Å². The van der Waals surface area contributed by atoms with Gasteiger partial charge in [0.05, 0.1) is 13.6 Å². The fourth-order valence-corrected chi connectivity index (χ4v) is 6.39. The van der Waals surface area contributed by atoms with Crippen LogP contribution in [0.25, 0.3) is 0 Å². The Bertz CT molecular complexity index is 619. The predicted molar refractivity (Wildman–Crippen MR) is 179 cm³/mol. The summed E-state index contributed by atoms with van der Waals surface area (Å²) in [6, 6.07) is 0. The van der Waals surface area contributed by atoms with E-state index in [1.165, 1.54) is 206 Å². The van der Waals surface area contributed by atoms with Gasteiger partial charge in [0.1, 0.15) is 12.4 Å². The van der Waals surface area contributed by atoms with Crippen LogP contribution in [0, 0.1) is 0 Å². The topological polar surface area (TPSA) is 8.81 Å². The van der Waals surface area contributed by atoms with E-state index >= 15 is 0 Å². The van der Waals surface area contributed by atoms with Crippen LogP contribution in [0.4, 0.5) is 0 Å². The van der Waals surface area contributed by atoms with Crippen molar-refractivity contribution >= 4 is 0 Å². The molecule has 0 aliphatic rings. The van der Waals surface area contributed by atoms with E-state index in [4.69, 9.17) is 0 Å². The summed E-state index contributed by atoms with van der Waals surface area (Å²) in [5.41, 5.74) is 0. The quantitative estimate of drug-likeness (QED) is 0.0613. The van der Waals surface area contributed by atoms with Crippen LogP contribution in [-0.2, 0) is 20.0 Å². The summed E-state index contributed by atoms with van der Waals surface area (Å²) in [4.78, 5) is 0. The Kier molecular flexibility index (Phi) is 27.6. The van der Waals surface area contributed by atoms with E-state index in [0.717, 1.165) is 0 Å². The Morgan fingerprint density at radius 1 is 0.425 bits per heavy atom. The van der Waals surface area contributed by atoms with Crippen molar-refractivity contribution in [3.05, 3.63) is 18.2 Å². The van der Waals surface area contributed by atoms with Crippen molar-refractivity contribution in [3.8, 4) is 0 Å². The van der Waals surface area contributed by atoms with E-state index in [2.05, 4.69) is 42.4 Å². The zero-order valence-electron chi connectivity index (χ0n) is 28.2. The molecule has 0 saturated carbocycles. The third kappa shape index (κ3) is 22.8. The van der Waals surface area contributed by atoms with Gasteiger partial charge in [-0.2, -0.15) is 0 Å². The van der Waals surface area contributed by atoms with Gasteiger partial charge in [-0.1, -0.05) is 187 Å². The predicted octanol–water partition coefficient (Wildman–Crippen LogP) is 12.6. The molecule has 0 saturated heterocycles. The third-order valence-electron chi connectivity index (χ3n) is 9.22. The van der Waals surface area contributed by atoms with Crippen LogP contribution in [0.3, 0.4) is 0 Å². The van der Waals surface area contributed by atoms with Crippen LogP contribution >= 0.6 is 0 Å². The number of hydrogen-bond acceptors (Lipinski definition) is 0. The maximum absolute atomic E-state index is 2.55. The van der Waals surface area contributed by atoms with E-state index in [0.29, 0.717) is 0 Å². The fraction of sp³-hybridized carbons (Fsp3) is 0.921. The Labute approximate surface area is 253 Å². The number of unbranched alkanes of at least 4 members (excludes halogenated alkanes) is 28. The number of hydrogen-bond donors (Lipinski definition) is 0. The van der Waals surface area contributed by atoms with Crippen LogP contribution in [0.2, 0.25) is 0 Å². The molecule has 0 N–H and O–H groups in total. The molecule has 0 aliphatic heterocycles. The van der Waals surface area contributed by atoms with Gasteiger partial charge in [-0.05, 0) is 19.3 Å². The molecular formula is C38H75N2+. The van der Waals surface area contributed by atoms with Crippen molar-refractivity contribution in [1.29, 1.82) is 0 Å². The van der Waals surface area contributed by atoms with E-state index in [1.807, 2.05) is 0 Å². The zero-order valence-corrected chi connectivity index (χ0v) is 28.2. The van der Waals surface area contributed by atoms with Crippen LogP contribution < -0.4 is 4.57 Å². The van der Waals surface area contributed by atoms with E-state index in [9.17, 15) is 0 Å². The monoisotopic (exact) mass is 560 g/mol. The lowest BCUT2D eigenvalue weighted by Crippen LogP contribution is -2.37. The molecule has 1 rings (SSSR count). The lowest BCUT2D eigenvalue weighted by atomic mass is 10.0. The molecule has 0 spiro atoms. The Morgan fingerprint density at radius 2 is 0.725 bits per heavy atom. The number of aromatic nitrogens is 2. The van der Waals surface area contributed by atoms with Gasteiger partial charge < -0.3 is 0 Å². The van der Waals surface area contributed by atoms with Gasteiger partial charge in [-0.25, -0.2) is 9.13 Å². The number of rotatable bonds is 32. The molecule has 236 valence electrons. The van der Waals surface area contributed by atoms with Gasteiger partial charge in [0.25, 0.3) is 5.82 Å². The van der Waals surface area contributed by atoms with Crippen molar-refractivity contribution in [2.45, 2.75) is 219 Å². The van der Waals surface area contributed by atoms with Crippen LogP contribution in [0.5, 0.6) is 0 Å². The maximum atomic E-state index is 2.55. The summed E-state index contributed by atoms with van der Waals surface area (Å²) >= 11 is 0. The minimum atomic E-state index is 1.22. The molecule has 0 radical (unpaired) electrons. The highest BCUT2D eigenvalue weighted by atomic mass is 15.1. The highest BCUT2D eigenvalue weighted by Crippen LogP contribution is 2.15. The molecule has 0 bridgehead atoms. The van der Waals surface area contributed by atoms with Crippen molar-refractivity contribution in [3.63, 3.8) is 0 Å². The van der Waals surface area contributed by atoms with E-state index < -0.39 is 0 Å². The fourth-order valence-electron chi connectivity index (χ4n) is 6.39. The first-order chi connectivity index (χ1) is 19.8. The largest absolute Gasteiger partial charge is 0.256 e. The van der Waals surface area contributed by atoms with Crippen molar-refractivity contribution in [1.82, 2.24) is 4.57 Å². The molecule has 0 unspecified atom stereocenters. The van der Waals surface area contributed by atoms with Crippen molar-refractivity contribution < 1.29 is 4.57 Å². The summed E-state index contributed by atoms with van der Waals surface area (Å²) in [5.74, 6) is 1.54. The highest BCUT2D eigenvalue weighted by molar-refractivity contribution is 4.82. The summed E-state index contributed by atoms with van der Waals surface area (Å²) in [6.07, 6.45) is 49.1. The minimum Gasteiger partial charge on any atom is -0.237 e. The van der Waals surface area contributed by atoms with Gasteiger partial charge in [-0.15, -0.1) is 0 Å². The van der Waals surface area contributed by atoms with Gasteiger partial charge in [-0.3, -0.25) is 0 Å². The minimum absolute atomic E-state index is 1.22. The summed E-state index contributed by atoms with van der Waals surface area (Å²) in [5, 5.41) is 0. The molecule has 2 heteroatoms. The number of nitrogens with zero attached hydrogens (tertiary/aromatic N) is 2. The molecule has 1 aromatic rings. The van der Waals surface area contributed by atoms with Gasteiger partial charge in [0, 0.05) is 6.42 Å². The van der Waals surface area contributed by atoms with E-state index in [1.54, 1.807) is 5.82 Å². The molecule has 2 nitrogen and oxygen atoms in total. The smallest absolute Gasteiger partial charge is 0.237 e. The molecule has 1 heterocycles. The third-order valence-corrected chi connectivity index (χ3v) is 9.22. The SMILES string of the molecule is CCCCCCCCCCCCCCCCCCCc1n(C)cc[n+]1CCCCCCCCCCCCCCC. The second-order valence-electron chi connectivity index (χ2n) is 13.2. The molecule has 0 aliphatic carbocycles. The normalized spacial score (nSPS) is 11.6. The first kappa shape index (κ1) is 37.2. The van der Waals surface area contributed by atoms with Gasteiger partial charge in [0.15, 0.2) is 0 Å². The van der Waals surface area contributed by atoms with Gasteiger partial charge in [0.2, 0.25) is 0 Å². The Balaban J connectivity index is 1.90. The Hall–Kier alpha value is -0.790. The van der Waals surface area contributed by atoms with Crippen LogP contribution in [0.15, 0.2) is 12.4 Å². The lowest BCUT2D eigenvalue weighted by Gasteiger charge is -2.05. The average Bonchev–Trinajstić information content (AvgIpc) is 3.31. The van der Waals surface area contributed by atoms with E-state index in [-0.39, 0.29) is 0 Å². The molecule has 0 atom stereocenters. The van der Waals surface area contributed by atoms with Crippen LogP contribution in [-0.4, -0.2) is 4.57 Å². The molecule has 1 aromatic heterocycles. The molecule has 0 aromatic carbocycles. The molecular weight excluding hydrogens is 484 g/mol.